The van der Waals surface area contributed by atoms with Crippen molar-refractivity contribution in [2.24, 2.45) is 0 Å². The Labute approximate surface area is 214 Å². The molecule has 0 saturated heterocycles. The Morgan fingerprint density at radius 3 is 2.11 bits per heavy atom. The molecule has 0 aliphatic carbocycles. The fourth-order valence-corrected chi connectivity index (χ4v) is 16.0. The van der Waals surface area contributed by atoms with Crippen LogP contribution in [0.25, 0.3) is 0 Å². The van der Waals surface area contributed by atoms with E-state index in [0.29, 0.717) is 28.7 Å². The van der Waals surface area contributed by atoms with Gasteiger partial charge in [0.15, 0.2) is 17.3 Å². The second-order valence-corrected chi connectivity index (χ2v) is 20.0. The summed E-state index contributed by atoms with van der Waals surface area (Å²) in [5, 5.41) is 5.78. The molecule has 1 amide bonds. The first-order valence-corrected chi connectivity index (χ1v) is 18.5. The van der Waals surface area contributed by atoms with E-state index >= 15 is 0 Å². The number of nitrogens with one attached hydrogen (secondary N) is 1. The van der Waals surface area contributed by atoms with Gasteiger partial charge in [0.05, 0.1) is 37.5 Å². The summed E-state index contributed by atoms with van der Waals surface area (Å²) >= 11 is 0. The molecule has 9 heteroatoms. The maximum absolute atomic E-state index is 13.0. The zero-order valence-corrected chi connectivity index (χ0v) is 24.3. The smallest absolute Gasteiger partial charge is 0.291 e. The van der Waals surface area contributed by atoms with E-state index in [4.69, 9.17) is 23.4 Å². The fourth-order valence-electron chi connectivity index (χ4n) is 5.09. The SMILES string of the molecule is COc1cccc(OC)c1NC(=O)c1ccc(Oc2c(OC)cc3c(c2C)[Si](C)(C)CC[Si]3(C)C)o1. The van der Waals surface area contributed by atoms with E-state index in [1.807, 2.05) is 0 Å². The average Bonchev–Trinajstić information content (AvgIpc) is 3.32. The van der Waals surface area contributed by atoms with E-state index in [1.165, 1.54) is 36.7 Å². The molecule has 36 heavy (non-hydrogen) atoms. The largest absolute Gasteiger partial charge is 0.494 e. The molecule has 2 heterocycles. The molecular weight excluding hydrogens is 490 g/mol. The molecular formula is C27H35NO6Si2. The van der Waals surface area contributed by atoms with E-state index in [-0.39, 0.29) is 11.7 Å². The van der Waals surface area contributed by atoms with Gasteiger partial charge in [0.25, 0.3) is 11.9 Å². The van der Waals surface area contributed by atoms with Crippen molar-refractivity contribution in [3.05, 3.63) is 47.7 Å². The van der Waals surface area contributed by atoms with Crippen LogP contribution in [-0.2, 0) is 0 Å². The number of rotatable bonds is 7. The van der Waals surface area contributed by atoms with E-state index in [0.717, 1.165) is 5.56 Å². The van der Waals surface area contributed by atoms with Crippen LogP contribution >= 0.6 is 0 Å². The van der Waals surface area contributed by atoms with Crippen LogP contribution in [0.15, 0.2) is 40.8 Å². The molecule has 1 aliphatic rings. The van der Waals surface area contributed by atoms with Crippen LogP contribution in [0, 0.1) is 6.92 Å². The molecule has 1 aliphatic heterocycles. The van der Waals surface area contributed by atoms with Crippen molar-refractivity contribution in [2.75, 3.05) is 26.6 Å². The summed E-state index contributed by atoms with van der Waals surface area (Å²) in [4.78, 5) is 13.0. The molecule has 4 rings (SSSR count). The lowest BCUT2D eigenvalue weighted by Gasteiger charge is -2.41. The van der Waals surface area contributed by atoms with Crippen molar-refractivity contribution in [3.63, 3.8) is 0 Å². The molecule has 192 valence electrons. The number of para-hydroxylation sites is 1. The monoisotopic (exact) mass is 525 g/mol. The Hall–Kier alpha value is -3.18. The first-order valence-electron chi connectivity index (χ1n) is 12.0. The number of furan rings is 1. The number of methoxy groups -OCH3 is 3. The third-order valence-electron chi connectivity index (χ3n) is 7.16. The first kappa shape index (κ1) is 25.9. The molecule has 7 nitrogen and oxygen atoms in total. The normalized spacial score (nSPS) is 15.6. The van der Waals surface area contributed by atoms with Crippen LogP contribution in [0.4, 0.5) is 5.69 Å². The summed E-state index contributed by atoms with van der Waals surface area (Å²) in [7, 11) is 1.55. The number of carbonyl (C=O) groups is 1. The van der Waals surface area contributed by atoms with Crippen LogP contribution < -0.4 is 34.6 Å². The summed E-state index contributed by atoms with van der Waals surface area (Å²) < 4.78 is 28.6. The van der Waals surface area contributed by atoms with E-state index < -0.39 is 22.1 Å². The standard InChI is InChI=1S/C27H35NO6Si2/c1-17-25(21(32-4)16-22-26(17)36(7,8)15-14-35(22,5)6)34-23-13-12-20(33-23)27(29)28-24-18(30-2)10-9-11-19(24)31-3/h9-13,16H,14-15H2,1-8H3,(H,28,29). The molecule has 0 bridgehead atoms. The lowest BCUT2D eigenvalue weighted by atomic mass is 10.2. The van der Waals surface area contributed by atoms with Gasteiger partial charge in [-0.25, -0.2) is 0 Å². The maximum atomic E-state index is 13.0. The van der Waals surface area contributed by atoms with Gasteiger partial charge in [0.2, 0.25) is 0 Å². The van der Waals surface area contributed by atoms with Crippen LogP contribution in [0.1, 0.15) is 16.1 Å². The lowest BCUT2D eigenvalue weighted by molar-refractivity contribution is 0.0991. The third kappa shape index (κ3) is 4.65. The molecule has 0 fully saturated rings. The Balaban J connectivity index is 1.65. The molecule has 3 aromatic rings. The predicted molar refractivity (Wildman–Crippen MR) is 148 cm³/mol. The Morgan fingerprint density at radius 2 is 1.50 bits per heavy atom. The fraction of sp³-hybridized carbons (Fsp3) is 0.370. The van der Waals surface area contributed by atoms with Crippen LogP contribution in [0.5, 0.6) is 28.9 Å². The highest BCUT2D eigenvalue weighted by atomic mass is 28.3. The topological polar surface area (TPSA) is 79.2 Å². The molecule has 0 spiro atoms. The summed E-state index contributed by atoms with van der Waals surface area (Å²) in [5.41, 5.74) is 1.54. The van der Waals surface area contributed by atoms with E-state index in [1.54, 1.807) is 37.4 Å². The van der Waals surface area contributed by atoms with Crippen molar-refractivity contribution in [3.8, 4) is 28.9 Å². The van der Waals surface area contributed by atoms with Crippen LogP contribution in [0.2, 0.25) is 38.3 Å². The minimum atomic E-state index is -1.62. The van der Waals surface area contributed by atoms with E-state index in [2.05, 4.69) is 44.5 Å². The third-order valence-corrected chi connectivity index (χ3v) is 14.8. The molecule has 1 N–H and O–H groups in total. The number of benzene rings is 2. The second kappa shape index (κ2) is 9.70. The summed E-state index contributed by atoms with van der Waals surface area (Å²) in [6.45, 7) is 11.8. The van der Waals surface area contributed by atoms with Crippen LogP contribution in [0.3, 0.4) is 0 Å². The molecule has 0 saturated carbocycles. The van der Waals surface area contributed by atoms with Gasteiger partial charge in [0.1, 0.15) is 17.2 Å². The Kier molecular flexibility index (Phi) is 6.98. The summed E-state index contributed by atoms with van der Waals surface area (Å²) in [6.07, 6.45) is 0. The minimum Gasteiger partial charge on any atom is -0.494 e. The number of fused-ring (bicyclic) bond motifs is 1. The highest BCUT2D eigenvalue weighted by Crippen LogP contribution is 2.39. The predicted octanol–water partition coefficient (Wildman–Crippen LogP) is 5.50. The number of hydrogen-bond donors (Lipinski definition) is 1. The quantitative estimate of drug-likeness (QED) is 0.410. The molecule has 0 atom stereocenters. The number of anilines is 1. The molecule has 1 aromatic heterocycles. The lowest BCUT2D eigenvalue weighted by Crippen LogP contribution is -2.64. The van der Waals surface area contributed by atoms with Gasteiger partial charge in [-0.05, 0) is 36.8 Å². The number of amides is 1. The van der Waals surface area contributed by atoms with Gasteiger partial charge in [-0.1, -0.05) is 54.7 Å². The number of carbonyl (C=O) groups excluding carboxylic acids is 1. The van der Waals surface area contributed by atoms with E-state index in [9.17, 15) is 4.79 Å². The average molecular weight is 526 g/mol. The van der Waals surface area contributed by atoms with Crippen molar-refractivity contribution >= 4 is 38.1 Å². The van der Waals surface area contributed by atoms with Crippen molar-refractivity contribution in [2.45, 2.75) is 45.2 Å². The van der Waals surface area contributed by atoms with Gasteiger partial charge in [-0.3, -0.25) is 4.79 Å². The Morgan fingerprint density at radius 1 is 0.889 bits per heavy atom. The minimum absolute atomic E-state index is 0.107. The highest BCUT2D eigenvalue weighted by Gasteiger charge is 2.42. The van der Waals surface area contributed by atoms with Gasteiger partial charge in [-0.2, -0.15) is 0 Å². The molecule has 0 unspecified atom stereocenters. The van der Waals surface area contributed by atoms with Crippen molar-refractivity contribution < 1.29 is 28.2 Å². The summed E-state index contributed by atoms with van der Waals surface area (Å²) in [5.74, 6) is 2.20. The zero-order valence-electron chi connectivity index (χ0n) is 22.3. The zero-order chi connectivity index (χ0) is 26.3. The van der Waals surface area contributed by atoms with Gasteiger partial charge < -0.3 is 28.7 Å². The van der Waals surface area contributed by atoms with Gasteiger partial charge in [-0.15, -0.1) is 0 Å². The molecule has 2 aromatic carbocycles. The van der Waals surface area contributed by atoms with Crippen molar-refractivity contribution in [1.82, 2.24) is 0 Å². The Bertz CT molecular complexity index is 1280. The second-order valence-electron chi connectivity index (χ2n) is 10.4. The van der Waals surface area contributed by atoms with Gasteiger partial charge in [0, 0.05) is 6.07 Å². The van der Waals surface area contributed by atoms with Crippen molar-refractivity contribution in [1.29, 1.82) is 0 Å². The first-order chi connectivity index (χ1) is 17.0. The number of ether oxygens (including phenoxy) is 4. The molecule has 0 radical (unpaired) electrons. The van der Waals surface area contributed by atoms with Crippen LogP contribution in [-0.4, -0.2) is 43.4 Å². The highest BCUT2D eigenvalue weighted by molar-refractivity contribution is 7.03. The maximum Gasteiger partial charge on any atom is 0.291 e. The summed E-state index contributed by atoms with van der Waals surface area (Å²) in [6, 6.07) is 13.3. The number of hydrogen-bond acceptors (Lipinski definition) is 6. The van der Waals surface area contributed by atoms with Gasteiger partial charge >= 0.3 is 0 Å².